The molecule has 7 heteroatoms. The molecule has 0 bridgehead atoms. The second kappa shape index (κ2) is 11.7. The van der Waals surface area contributed by atoms with Gasteiger partial charge in [-0.05, 0) is 62.2 Å². The maximum Gasteiger partial charge on any atom is 0.274 e. The van der Waals surface area contributed by atoms with E-state index in [1.54, 1.807) is 10.9 Å². The van der Waals surface area contributed by atoms with Gasteiger partial charge in [-0.3, -0.25) is 4.79 Å². The number of nitrogens with zero attached hydrogens (tertiary/aromatic N) is 3. The summed E-state index contributed by atoms with van der Waals surface area (Å²) in [5.74, 6) is 1.33. The van der Waals surface area contributed by atoms with E-state index in [0.717, 1.165) is 62.7 Å². The lowest BCUT2D eigenvalue weighted by atomic mass is 9.94. The Kier molecular flexibility index (Phi) is 9.63. The molecule has 2 aliphatic heterocycles. The summed E-state index contributed by atoms with van der Waals surface area (Å²) in [6.45, 7) is 6.05. The quantitative estimate of drug-likeness (QED) is 0.708. The zero-order valence-corrected chi connectivity index (χ0v) is 18.4. The van der Waals surface area contributed by atoms with Gasteiger partial charge in [-0.1, -0.05) is 30.3 Å². The van der Waals surface area contributed by atoms with Gasteiger partial charge in [0.15, 0.2) is 0 Å². The van der Waals surface area contributed by atoms with Crippen molar-refractivity contribution in [2.24, 2.45) is 11.8 Å². The summed E-state index contributed by atoms with van der Waals surface area (Å²) in [5.41, 5.74) is 1.72. The first-order valence-electron chi connectivity index (χ1n) is 10.2. The summed E-state index contributed by atoms with van der Waals surface area (Å²) in [5, 5.41) is 4.35. The van der Waals surface area contributed by atoms with Crippen LogP contribution in [0.3, 0.4) is 0 Å². The maximum absolute atomic E-state index is 12.8. The second-order valence-corrected chi connectivity index (χ2v) is 7.90. The minimum atomic E-state index is 0. The van der Waals surface area contributed by atoms with Crippen LogP contribution in [-0.2, 0) is 11.3 Å². The Labute approximate surface area is 185 Å². The van der Waals surface area contributed by atoms with E-state index in [1.165, 1.54) is 19.4 Å². The molecule has 2 fully saturated rings. The minimum absolute atomic E-state index is 0. The van der Waals surface area contributed by atoms with Crippen LogP contribution < -0.4 is 5.56 Å². The first kappa shape index (κ1) is 23.9. The second-order valence-electron chi connectivity index (χ2n) is 7.90. The molecule has 1 aromatic carbocycles. The van der Waals surface area contributed by atoms with Crippen LogP contribution in [0.1, 0.15) is 25.7 Å². The van der Waals surface area contributed by atoms with Crippen LogP contribution >= 0.6 is 24.8 Å². The largest absolute Gasteiger partial charge is 0.381 e. The molecule has 0 amide bonds. The topological polar surface area (TPSA) is 47.4 Å². The number of likely N-dealkylation sites (tertiary alicyclic amines) is 1. The van der Waals surface area contributed by atoms with Gasteiger partial charge in [0.25, 0.3) is 5.56 Å². The first-order valence-corrected chi connectivity index (χ1v) is 10.2. The monoisotopic (exact) mass is 439 g/mol. The van der Waals surface area contributed by atoms with Crippen molar-refractivity contribution in [1.82, 2.24) is 14.7 Å². The zero-order chi connectivity index (χ0) is 18.5. The lowest BCUT2D eigenvalue weighted by molar-refractivity contribution is 0.0459. The van der Waals surface area contributed by atoms with Gasteiger partial charge in [0.05, 0.1) is 5.56 Å². The van der Waals surface area contributed by atoms with Crippen molar-refractivity contribution in [1.29, 1.82) is 0 Å². The van der Waals surface area contributed by atoms with E-state index in [2.05, 4.69) is 10.00 Å². The molecular weight excluding hydrogens is 409 g/mol. The molecule has 0 radical (unpaired) electrons. The fourth-order valence-electron chi connectivity index (χ4n) is 4.31. The Morgan fingerprint density at radius 1 is 0.897 bits per heavy atom. The van der Waals surface area contributed by atoms with Crippen LogP contribution in [0.25, 0.3) is 11.1 Å². The lowest BCUT2D eigenvalue weighted by Crippen LogP contribution is -2.40. The number of hydrogen-bond acceptors (Lipinski definition) is 4. The molecule has 2 aliphatic rings. The predicted octanol–water partition coefficient (Wildman–Crippen LogP) is 3.89. The molecule has 2 saturated heterocycles. The molecule has 3 heterocycles. The highest BCUT2D eigenvalue weighted by molar-refractivity contribution is 5.85. The summed E-state index contributed by atoms with van der Waals surface area (Å²) in [6.07, 6.45) is 6.45. The van der Waals surface area contributed by atoms with Crippen LogP contribution in [0.2, 0.25) is 0 Å². The third-order valence-corrected chi connectivity index (χ3v) is 5.99. The van der Waals surface area contributed by atoms with Crippen molar-refractivity contribution in [2.75, 3.05) is 32.8 Å². The van der Waals surface area contributed by atoms with Crippen LogP contribution in [0.5, 0.6) is 0 Å². The SMILES string of the molecule is Cl.Cl.O=c1c(-c2ccccc2)ccnn1CC1CCN(CC2CCOCC2)CC1. The number of halogens is 2. The normalized spacial score (nSPS) is 18.6. The average molecular weight is 440 g/mol. The van der Waals surface area contributed by atoms with Gasteiger partial charge >= 0.3 is 0 Å². The van der Waals surface area contributed by atoms with Crippen LogP contribution in [0.15, 0.2) is 47.4 Å². The molecule has 29 heavy (non-hydrogen) atoms. The van der Waals surface area contributed by atoms with Crippen molar-refractivity contribution in [3.8, 4) is 11.1 Å². The Morgan fingerprint density at radius 3 is 2.24 bits per heavy atom. The first-order chi connectivity index (χ1) is 13.3. The zero-order valence-electron chi connectivity index (χ0n) is 16.7. The maximum atomic E-state index is 12.8. The Balaban J connectivity index is 0.00000150. The number of benzene rings is 1. The highest BCUT2D eigenvalue weighted by atomic mass is 35.5. The van der Waals surface area contributed by atoms with Crippen molar-refractivity contribution in [3.63, 3.8) is 0 Å². The van der Waals surface area contributed by atoms with E-state index >= 15 is 0 Å². The Morgan fingerprint density at radius 2 is 1.55 bits per heavy atom. The summed E-state index contributed by atoms with van der Waals surface area (Å²) >= 11 is 0. The molecule has 0 N–H and O–H groups in total. The number of aromatic nitrogens is 2. The van der Waals surface area contributed by atoms with Crippen molar-refractivity contribution in [3.05, 3.63) is 52.9 Å². The standard InChI is InChI=1S/C22H29N3O2.2ClH/c26-22-21(20-4-2-1-3-5-20)6-11-23-25(22)17-18-7-12-24(13-8-18)16-19-9-14-27-15-10-19;;/h1-6,11,18-19H,7-10,12-17H2;2*1H. The molecule has 2 aromatic rings. The molecule has 0 spiro atoms. The third-order valence-electron chi connectivity index (χ3n) is 5.99. The Hall–Kier alpha value is -1.40. The molecule has 0 aliphatic carbocycles. The predicted molar refractivity (Wildman–Crippen MR) is 121 cm³/mol. The molecule has 5 nitrogen and oxygen atoms in total. The third kappa shape index (κ3) is 6.29. The average Bonchev–Trinajstić information content (AvgIpc) is 2.72. The van der Waals surface area contributed by atoms with E-state index in [9.17, 15) is 4.79 Å². The molecule has 0 unspecified atom stereocenters. The van der Waals surface area contributed by atoms with E-state index in [0.29, 0.717) is 5.92 Å². The van der Waals surface area contributed by atoms with E-state index in [4.69, 9.17) is 4.74 Å². The van der Waals surface area contributed by atoms with Gasteiger partial charge in [0.1, 0.15) is 0 Å². The number of hydrogen-bond donors (Lipinski definition) is 0. The van der Waals surface area contributed by atoms with Gasteiger partial charge < -0.3 is 9.64 Å². The molecule has 160 valence electrons. The molecule has 1 aromatic heterocycles. The van der Waals surface area contributed by atoms with Crippen LogP contribution in [0, 0.1) is 11.8 Å². The summed E-state index contributed by atoms with van der Waals surface area (Å²) in [6, 6.07) is 11.7. The summed E-state index contributed by atoms with van der Waals surface area (Å²) in [4.78, 5) is 15.4. The highest BCUT2D eigenvalue weighted by Gasteiger charge is 2.23. The molecule has 0 saturated carbocycles. The summed E-state index contributed by atoms with van der Waals surface area (Å²) in [7, 11) is 0. The van der Waals surface area contributed by atoms with Gasteiger partial charge in [0.2, 0.25) is 0 Å². The fraction of sp³-hybridized carbons (Fsp3) is 0.545. The van der Waals surface area contributed by atoms with E-state index in [-0.39, 0.29) is 30.4 Å². The van der Waals surface area contributed by atoms with Crippen molar-refractivity contribution < 1.29 is 4.74 Å². The van der Waals surface area contributed by atoms with Gasteiger partial charge in [-0.15, -0.1) is 24.8 Å². The lowest BCUT2D eigenvalue weighted by Gasteiger charge is -2.35. The smallest absolute Gasteiger partial charge is 0.274 e. The van der Waals surface area contributed by atoms with E-state index < -0.39 is 0 Å². The highest BCUT2D eigenvalue weighted by Crippen LogP contribution is 2.22. The number of rotatable bonds is 5. The minimum Gasteiger partial charge on any atom is -0.381 e. The fourth-order valence-corrected chi connectivity index (χ4v) is 4.31. The van der Waals surface area contributed by atoms with Crippen LogP contribution in [-0.4, -0.2) is 47.5 Å². The van der Waals surface area contributed by atoms with Gasteiger partial charge in [-0.2, -0.15) is 5.10 Å². The van der Waals surface area contributed by atoms with E-state index in [1.807, 2.05) is 36.4 Å². The number of ether oxygens (including phenoxy) is 1. The number of piperidine rings is 1. The van der Waals surface area contributed by atoms with Crippen molar-refractivity contribution >= 4 is 24.8 Å². The molecule has 4 rings (SSSR count). The van der Waals surface area contributed by atoms with Gasteiger partial charge in [-0.25, -0.2) is 4.68 Å². The Bertz CT molecular complexity index is 786. The van der Waals surface area contributed by atoms with Crippen molar-refractivity contribution in [2.45, 2.75) is 32.2 Å². The molecule has 0 atom stereocenters. The summed E-state index contributed by atoms with van der Waals surface area (Å²) < 4.78 is 7.14. The molecular formula is C22H31Cl2N3O2. The van der Waals surface area contributed by atoms with Gasteiger partial charge in [0, 0.05) is 32.5 Å². The van der Waals surface area contributed by atoms with Crippen LogP contribution in [0.4, 0.5) is 0 Å².